The summed E-state index contributed by atoms with van der Waals surface area (Å²) in [6.07, 6.45) is 0.355. The number of aliphatic hydroxyl groups is 1. The first-order valence-electron chi connectivity index (χ1n) is 5.18. The molecule has 0 amide bonds. The third kappa shape index (κ3) is 4.21. The lowest BCUT2D eigenvalue weighted by molar-refractivity contribution is 0.155. The van der Waals surface area contributed by atoms with E-state index in [-0.39, 0.29) is 6.10 Å². The Hall–Kier alpha value is -1.22. The lowest BCUT2D eigenvalue weighted by Gasteiger charge is -2.14. The first kappa shape index (κ1) is 11.9. The van der Waals surface area contributed by atoms with Gasteiger partial charge in [0.1, 0.15) is 5.75 Å². The zero-order chi connectivity index (χ0) is 11.3. The van der Waals surface area contributed by atoms with Gasteiger partial charge in [-0.05, 0) is 19.1 Å². The van der Waals surface area contributed by atoms with E-state index >= 15 is 0 Å². The summed E-state index contributed by atoms with van der Waals surface area (Å²) in [7, 11) is 3.99. The van der Waals surface area contributed by atoms with Crippen molar-refractivity contribution in [2.45, 2.75) is 19.4 Å². The maximum atomic E-state index is 9.08. The molecule has 0 saturated heterocycles. The second-order valence-electron chi connectivity index (χ2n) is 3.88. The summed E-state index contributed by atoms with van der Waals surface area (Å²) in [6, 6.07) is 7.91. The fraction of sp³-hybridized carbons (Fsp3) is 0.500. The molecule has 0 radical (unpaired) electrons. The SMILES string of the molecule is CC(O)CCOc1cccc(N(C)C)c1. The van der Waals surface area contributed by atoms with E-state index < -0.39 is 0 Å². The Kier molecular flexibility index (Phi) is 4.43. The normalized spacial score (nSPS) is 12.3. The molecule has 0 aliphatic rings. The number of anilines is 1. The average Bonchev–Trinajstić information content (AvgIpc) is 2.17. The van der Waals surface area contributed by atoms with E-state index in [1.165, 1.54) is 0 Å². The smallest absolute Gasteiger partial charge is 0.121 e. The maximum absolute atomic E-state index is 9.08. The molecule has 0 aliphatic carbocycles. The largest absolute Gasteiger partial charge is 0.493 e. The minimum absolute atomic E-state index is 0.304. The fourth-order valence-corrected chi connectivity index (χ4v) is 1.20. The van der Waals surface area contributed by atoms with Crippen LogP contribution < -0.4 is 9.64 Å². The van der Waals surface area contributed by atoms with E-state index in [0.717, 1.165) is 11.4 Å². The van der Waals surface area contributed by atoms with Gasteiger partial charge in [0, 0.05) is 32.3 Å². The van der Waals surface area contributed by atoms with Gasteiger partial charge in [-0.2, -0.15) is 0 Å². The van der Waals surface area contributed by atoms with Crippen LogP contribution in [0.5, 0.6) is 5.75 Å². The predicted octanol–water partition coefficient (Wildman–Crippen LogP) is 1.90. The Morgan fingerprint density at radius 2 is 2.13 bits per heavy atom. The predicted molar refractivity (Wildman–Crippen MR) is 62.6 cm³/mol. The lowest BCUT2D eigenvalue weighted by atomic mass is 10.3. The Morgan fingerprint density at radius 3 is 2.73 bits per heavy atom. The Balaban J connectivity index is 2.50. The highest BCUT2D eigenvalue weighted by atomic mass is 16.5. The van der Waals surface area contributed by atoms with E-state index in [2.05, 4.69) is 0 Å². The zero-order valence-corrected chi connectivity index (χ0v) is 9.60. The van der Waals surface area contributed by atoms with Crippen LogP contribution in [0.15, 0.2) is 24.3 Å². The minimum Gasteiger partial charge on any atom is -0.493 e. The van der Waals surface area contributed by atoms with Crippen LogP contribution in [0.1, 0.15) is 13.3 Å². The first-order chi connectivity index (χ1) is 7.09. The second-order valence-corrected chi connectivity index (χ2v) is 3.88. The summed E-state index contributed by atoms with van der Waals surface area (Å²) in [4.78, 5) is 2.03. The molecule has 15 heavy (non-hydrogen) atoms. The molecule has 1 aromatic carbocycles. The van der Waals surface area contributed by atoms with E-state index in [0.29, 0.717) is 13.0 Å². The first-order valence-corrected chi connectivity index (χ1v) is 5.18. The lowest BCUT2D eigenvalue weighted by Crippen LogP contribution is -2.10. The van der Waals surface area contributed by atoms with Crippen molar-refractivity contribution < 1.29 is 9.84 Å². The molecule has 0 aromatic heterocycles. The summed E-state index contributed by atoms with van der Waals surface area (Å²) >= 11 is 0. The molecule has 1 unspecified atom stereocenters. The van der Waals surface area contributed by atoms with Crippen LogP contribution in [0.4, 0.5) is 5.69 Å². The molecular weight excluding hydrogens is 190 g/mol. The van der Waals surface area contributed by atoms with Crippen LogP contribution in [0.25, 0.3) is 0 Å². The molecule has 1 aromatic rings. The molecule has 0 aliphatic heterocycles. The molecule has 0 fully saturated rings. The number of aliphatic hydroxyl groups excluding tert-OH is 1. The van der Waals surface area contributed by atoms with Crippen LogP contribution >= 0.6 is 0 Å². The average molecular weight is 209 g/mol. The molecule has 1 rings (SSSR count). The second kappa shape index (κ2) is 5.61. The Bertz CT molecular complexity index is 297. The highest BCUT2D eigenvalue weighted by Gasteiger charge is 2.00. The topological polar surface area (TPSA) is 32.7 Å². The van der Waals surface area contributed by atoms with Crippen molar-refractivity contribution in [1.82, 2.24) is 0 Å². The van der Waals surface area contributed by atoms with E-state index in [1.807, 2.05) is 43.3 Å². The number of hydrogen-bond acceptors (Lipinski definition) is 3. The number of rotatable bonds is 5. The molecule has 0 heterocycles. The van der Waals surface area contributed by atoms with Gasteiger partial charge in [0.15, 0.2) is 0 Å². The summed E-state index contributed by atoms with van der Waals surface area (Å²) in [5, 5.41) is 9.08. The number of ether oxygens (including phenoxy) is 1. The van der Waals surface area contributed by atoms with Gasteiger partial charge in [0.25, 0.3) is 0 Å². The quantitative estimate of drug-likeness (QED) is 0.804. The molecular formula is C12H19NO2. The molecule has 0 saturated carbocycles. The zero-order valence-electron chi connectivity index (χ0n) is 9.60. The molecule has 1 atom stereocenters. The Labute approximate surface area is 91.3 Å². The van der Waals surface area contributed by atoms with Crippen molar-refractivity contribution >= 4 is 5.69 Å². The standard InChI is InChI=1S/C12H19NO2/c1-10(14)7-8-15-12-6-4-5-11(9-12)13(2)3/h4-6,9-10,14H,7-8H2,1-3H3. The van der Waals surface area contributed by atoms with Gasteiger partial charge in [-0.15, -0.1) is 0 Å². The van der Waals surface area contributed by atoms with E-state index in [1.54, 1.807) is 6.92 Å². The van der Waals surface area contributed by atoms with Crippen molar-refractivity contribution in [3.05, 3.63) is 24.3 Å². The van der Waals surface area contributed by atoms with Gasteiger partial charge in [-0.3, -0.25) is 0 Å². The third-order valence-corrected chi connectivity index (χ3v) is 2.14. The minimum atomic E-state index is -0.304. The van der Waals surface area contributed by atoms with Gasteiger partial charge in [-0.25, -0.2) is 0 Å². The maximum Gasteiger partial charge on any atom is 0.121 e. The van der Waals surface area contributed by atoms with Gasteiger partial charge < -0.3 is 14.7 Å². The van der Waals surface area contributed by atoms with Crippen molar-refractivity contribution in [2.24, 2.45) is 0 Å². The number of benzene rings is 1. The van der Waals surface area contributed by atoms with Crippen LogP contribution in [0.3, 0.4) is 0 Å². The number of hydrogen-bond donors (Lipinski definition) is 1. The van der Waals surface area contributed by atoms with Gasteiger partial charge in [-0.1, -0.05) is 6.07 Å². The molecule has 0 bridgehead atoms. The fourth-order valence-electron chi connectivity index (χ4n) is 1.20. The molecule has 1 N–H and O–H groups in total. The van der Waals surface area contributed by atoms with Gasteiger partial charge in [0.2, 0.25) is 0 Å². The van der Waals surface area contributed by atoms with Crippen molar-refractivity contribution in [2.75, 3.05) is 25.6 Å². The molecule has 3 nitrogen and oxygen atoms in total. The van der Waals surface area contributed by atoms with Gasteiger partial charge >= 0.3 is 0 Å². The summed E-state index contributed by atoms with van der Waals surface area (Å²) in [5.74, 6) is 0.849. The highest BCUT2D eigenvalue weighted by Crippen LogP contribution is 2.19. The van der Waals surface area contributed by atoms with Crippen LogP contribution in [0.2, 0.25) is 0 Å². The molecule has 3 heteroatoms. The summed E-state index contributed by atoms with van der Waals surface area (Å²) < 4.78 is 5.52. The Morgan fingerprint density at radius 1 is 1.40 bits per heavy atom. The summed E-state index contributed by atoms with van der Waals surface area (Å²) in [6.45, 7) is 2.31. The van der Waals surface area contributed by atoms with Crippen molar-refractivity contribution in [3.63, 3.8) is 0 Å². The molecule has 0 spiro atoms. The van der Waals surface area contributed by atoms with Gasteiger partial charge in [0.05, 0.1) is 12.7 Å². The number of nitrogens with zero attached hydrogens (tertiary/aromatic N) is 1. The van der Waals surface area contributed by atoms with Crippen LogP contribution in [-0.4, -0.2) is 31.9 Å². The van der Waals surface area contributed by atoms with Crippen LogP contribution in [-0.2, 0) is 0 Å². The third-order valence-electron chi connectivity index (χ3n) is 2.14. The monoisotopic (exact) mass is 209 g/mol. The summed E-state index contributed by atoms with van der Waals surface area (Å²) in [5.41, 5.74) is 1.12. The highest BCUT2D eigenvalue weighted by molar-refractivity contribution is 5.49. The van der Waals surface area contributed by atoms with E-state index in [4.69, 9.17) is 9.84 Å². The van der Waals surface area contributed by atoms with Crippen molar-refractivity contribution in [3.8, 4) is 5.75 Å². The van der Waals surface area contributed by atoms with Crippen molar-refractivity contribution in [1.29, 1.82) is 0 Å². The van der Waals surface area contributed by atoms with Crippen LogP contribution in [0, 0.1) is 0 Å². The molecule has 84 valence electrons. The van der Waals surface area contributed by atoms with E-state index in [9.17, 15) is 0 Å².